The number of alkyl halides is 3. The number of likely N-dealkylation sites (tertiary alicyclic amines) is 1. The summed E-state index contributed by atoms with van der Waals surface area (Å²) in [4.78, 5) is 13.1. The van der Waals surface area contributed by atoms with Gasteiger partial charge in [0.15, 0.2) is 5.82 Å². The second-order valence-corrected chi connectivity index (χ2v) is 5.36. The van der Waals surface area contributed by atoms with Crippen molar-refractivity contribution >= 4 is 11.8 Å². The van der Waals surface area contributed by atoms with Gasteiger partial charge in [0.2, 0.25) is 0 Å². The molecule has 0 spiro atoms. The Bertz CT molecular complexity index is 512. The van der Waals surface area contributed by atoms with Crippen LogP contribution in [0.4, 0.5) is 23.8 Å². The Balaban J connectivity index is 2.16. The second-order valence-electron chi connectivity index (χ2n) is 5.36. The minimum absolute atomic E-state index is 0.0435. The fraction of sp³-hybridized carbons (Fsp3) is 0.692. The lowest BCUT2D eigenvalue weighted by Gasteiger charge is -2.31. The van der Waals surface area contributed by atoms with Crippen LogP contribution in [0.15, 0.2) is 6.20 Å². The van der Waals surface area contributed by atoms with Crippen LogP contribution in [0.2, 0.25) is 0 Å². The number of carbonyl (C=O) groups is 1. The van der Waals surface area contributed by atoms with E-state index in [1.165, 1.54) is 4.68 Å². The number of halogens is 3. The highest BCUT2D eigenvalue weighted by molar-refractivity contribution is 5.89. The van der Waals surface area contributed by atoms with Crippen LogP contribution in [0.3, 0.4) is 0 Å². The first-order valence-corrected chi connectivity index (χ1v) is 6.93. The molecule has 5 nitrogen and oxygen atoms in total. The normalized spacial score (nSPS) is 20.2. The van der Waals surface area contributed by atoms with E-state index in [9.17, 15) is 18.0 Å². The topological polar surface area (TPSA) is 50.2 Å². The van der Waals surface area contributed by atoms with Gasteiger partial charge < -0.3 is 4.90 Å². The van der Waals surface area contributed by atoms with Gasteiger partial charge in [-0.05, 0) is 19.8 Å². The molecule has 8 heteroatoms. The molecule has 2 amide bonds. The third kappa shape index (κ3) is 3.68. The highest BCUT2D eigenvalue weighted by atomic mass is 19.4. The molecule has 1 aliphatic rings. The lowest BCUT2D eigenvalue weighted by molar-refractivity contribution is -0.175. The van der Waals surface area contributed by atoms with Gasteiger partial charge in [0, 0.05) is 25.4 Å². The van der Waals surface area contributed by atoms with Crippen molar-refractivity contribution in [2.24, 2.45) is 7.05 Å². The van der Waals surface area contributed by atoms with Crippen molar-refractivity contribution in [3.63, 3.8) is 0 Å². The number of aryl methyl sites for hydroxylation is 2. The fourth-order valence-corrected chi connectivity index (χ4v) is 2.60. The molecular weight excluding hydrogens is 285 g/mol. The summed E-state index contributed by atoms with van der Waals surface area (Å²) in [6, 6.07) is -2.45. The van der Waals surface area contributed by atoms with Crippen molar-refractivity contribution in [1.29, 1.82) is 0 Å². The fourth-order valence-electron chi connectivity index (χ4n) is 2.60. The molecule has 1 fully saturated rings. The van der Waals surface area contributed by atoms with E-state index in [-0.39, 0.29) is 13.0 Å². The average Bonchev–Trinajstić information content (AvgIpc) is 2.60. The molecule has 118 valence electrons. The van der Waals surface area contributed by atoms with E-state index in [1.807, 2.05) is 0 Å². The van der Waals surface area contributed by atoms with Gasteiger partial charge in [-0.2, -0.15) is 18.3 Å². The SMILES string of the molecule is Cc1cn(C)nc1NC(=O)N1CCCCC[C@H]1C(F)(F)F. The minimum Gasteiger partial charge on any atom is -0.312 e. The molecule has 1 atom stereocenters. The first-order chi connectivity index (χ1) is 9.79. The Hall–Kier alpha value is -1.73. The van der Waals surface area contributed by atoms with Gasteiger partial charge in [-0.3, -0.25) is 10.00 Å². The molecule has 1 aliphatic heterocycles. The molecule has 0 aliphatic carbocycles. The van der Waals surface area contributed by atoms with Crippen LogP contribution in [-0.4, -0.2) is 39.5 Å². The number of carbonyl (C=O) groups excluding carboxylic acids is 1. The van der Waals surface area contributed by atoms with Gasteiger partial charge in [-0.25, -0.2) is 4.79 Å². The zero-order valence-electron chi connectivity index (χ0n) is 12.1. The Morgan fingerprint density at radius 3 is 2.67 bits per heavy atom. The maximum atomic E-state index is 13.1. The number of amides is 2. The second kappa shape index (κ2) is 5.95. The quantitative estimate of drug-likeness (QED) is 0.867. The number of aromatic nitrogens is 2. The van der Waals surface area contributed by atoms with Crippen molar-refractivity contribution in [1.82, 2.24) is 14.7 Å². The molecule has 2 heterocycles. The average molecular weight is 304 g/mol. The van der Waals surface area contributed by atoms with Crippen LogP contribution in [0, 0.1) is 6.92 Å². The number of hydrogen-bond acceptors (Lipinski definition) is 2. The molecule has 0 aromatic carbocycles. The predicted molar refractivity (Wildman–Crippen MR) is 72.0 cm³/mol. The third-order valence-corrected chi connectivity index (χ3v) is 3.63. The lowest BCUT2D eigenvalue weighted by Crippen LogP contribution is -2.50. The molecule has 1 aromatic rings. The van der Waals surface area contributed by atoms with Crippen LogP contribution in [-0.2, 0) is 7.05 Å². The highest BCUT2D eigenvalue weighted by Crippen LogP contribution is 2.31. The van der Waals surface area contributed by atoms with Crippen LogP contribution < -0.4 is 5.32 Å². The summed E-state index contributed by atoms with van der Waals surface area (Å²) in [5, 5.41) is 6.52. The van der Waals surface area contributed by atoms with Crippen LogP contribution >= 0.6 is 0 Å². The molecule has 0 radical (unpaired) electrons. The summed E-state index contributed by atoms with van der Waals surface area (Å²) < 4.78 is 40.8. The zero-order valence-corrected chi connectivity index (χ0v) is 12.1. The van der Waals surface area contributed by atoms with Gasteiger partial charge >= 0.3 is 12.2 Å². The maximum absolute atomic E-state index is 13.1. The van der Waals surface area contributed by atoms with Crippen LogP contribution in [0.25, 0.3) is 0 Å². The number of nitrogens with one attached hydrogen (secondary N) is 1. The smallest absolute Gasteiger partial charge is 0.312 e. The molecule has 1 aromatic heterocycles. The monoisotopic (exact) mass is 304 g/mol. The number of urea groups is 1. The summed E-state index contributed by atoms with van der Waals surface area (Å²) in [6.07, 6.45) is -0.977. The van der Waals surface area contributed by atoms with Gasteiger partial charge in [0.1, 0.15) is 6.04 Å². The molecular formula is C13H19F3N4O. The molecule has 0 saturated carbocycles. The van der Waals surface area contributed by atoms with E-state index in [0.717, 1.165) is 4.90 Å². The molecule has 2 rings (SSSR count). The van der Waals surface area contributed by atoms with Gasteiger partial charge in [-0.1, -0.05) is 12.8 Å². The van der Waals surface area contributed by atoms with Crippen molar-refractivity contribution in [3.05, 3.63) is 11.8 Å². The predicted octanol–water partition coefficient (Wildman–Crippen LogP) is 3.07. The van der Waals surface area contributed by atoms with Crippen LogP contribution in [0.1, 0.15) is 31.2 Å². The number of rotatable bonds is 1. The van der Waals surface area contributed by atoms with Gasteiger partial charge in [0.25, 0.3) is 0 Å². The maximum Gasteiger partial charge on any atom is 0.408 e. The van der Waals surface area contributed by atoms with Crippen molar-refractivity contribution in [2.75, 3.05) is 11.9 Å². The summed E-state index contributed by atoms with van der Waals surface area (Å²) in [5.74, 6) is 0.299. The summed E-state index contributed by atoms with van der Waals surface area (Å²) in [5.41, 5.74) is 0.712. The van der Waals surface area contributed by atoms with E-state index < -0.39 is 18.2 Å². The molecule has 0 bridgehead atoms. The number of hydrogen-bond donors (Lipinski definition) is 1. The standard InChI is InChI=1S/C13H19F3N4O/c1-9-8-19(2)18-11(9)17-12(21)20-7-5-3-4-6-10(20)13(14,15)16/h8,10H,3-7H2,1-2H3,(H,17,18,21)/t10-/m0/s1. The summed E-state index contributed by atoms with van der Waals surface area (Å²) >= 11 is 0. The van der Waals surface area contributed by atoms with E-state index in [4.69, 9.17) is 0 Å². The number of nitrogens with zero attached hydrogens (tertiary/aromatic N) is 3. The van der Waals surface area contributed by atoms with Crippen molar-refractivity contribution < 1.29 is 18.0 Å². The van der Waals surface area contributed by atoms with E-state index in [2.05, 4.69) is 10.4 Å². The Morgan fingerprint density at radius 1 is 1.38 bits per heavy atom. The zero-order chi connectivity index (χ0) is 15.6. The van der Waals surface area contributed by atoms with Gasteiger partial charge in [-0.15, -0.1) is 0 Å². The molecule has 0 unspecified atom stereocenters. The van der Waals surface area contributed by atoms with Crippen molar-refractivity contribution in [2.45, 2.75) is 44.8 Å². The molecule has 1 saturated heterocycles. The molecule has 21 heavy (non-hydrogen) atoms. The van der Waals surface area contributed by atoms with Crippen LogP contribution in [0.5, 0.6) is 0 Å². The first-order valence-electron chi connectivity index (χ1n) is 6.93. The van der Waals surface area contributed by atoms with Gasteiger partial charge in [0.05, 0.1) is 0 Å². The Kier molecular flexibility index (Phi) is 4.43. The summed E-state index contributed by atoms with van der Waals surface area (Å²) in [6.45, 7) is 1.86. The Labute approximate surface area is 121 Å². The molecule has 1 N–H and O–H groups in total. The Morgan fingerprint density at radius 2 is 2.10 bits per heavy atom. The highest BCUT2D eigenvalue weighted by Gasteiger charge is 2.45. The largest absolute Gasteiger partial charge is 0.408 e. The number of anilines is 1. The van der Waals surface area contributed by atoms with E-state index in [1.54, 1.807) is 20.2 Å². The minimum atomic E-state index is -4.40. The third-order valence-electron chi connectivity index (χ3n) is 3.63. The summed E-state index contributed by atoms with van der Waals surface area (Å²) in [7, 11) is 1.69. The van der Waals surface area contributed by atoms with E-state index >= 15 is 0 Å². The van der Waals surface area contributed by atoms with E-state index in [0.29, 0.717) is 30.6 Å². The van der Waals surface area contributed by atoms with Crippen molar-refractivity contribution in [3.8, 4) is 0 Å². The first kappa shape index (κ1) is 15.7. The lowest BCUT2D eigenvalue weighted by atomic mass is 10.1.